The Morgan fingerprint density at radius 1 is 0.762 bits per heavy atom. The van der Waals surface area contributed by atoms with Crippen molar-refractivity contribution in [1.82, 2.24) is 0 Å². The fourth-order valence-electron chi connectivity index (χ4n) is 2.01. The Kier molecular flexibility index (Phi) is 6.80. The zero-order chi connectivity index (χ0) is 15.8. The first-order chi connectivity index (χ1) is 10.0. The van der Waals surface area contributed by atoms with Crippen molar-refractivity contribution in [1.29, 1.82) is 0 Å². The van der Waals surface area contributed by atoms with Gasteiger partial charge in [0.1, 0.15) is 11.5 Å². The SMILES string of the molecule is CCc1ccc(C)c(OC)c1.COc1cc(C)ccc1C. The van der Waals surface area contributed by atoms with E-state index >= 15 is 0 Å². The van der Waals surface area contributed by atoms with Crippen LogP contribution in [0.25, 0.3) is 0 Å². The molecule has 0 bridgehead atoms. The standard InChI is InChI=1S/C10H14O.C9H12O/c1-4-9-6-5-8(2)10(7-9)11-3;1-7-4-5-8(2)9(6-7)10-3/h5-7H,4H2,1-3H3;4-6H,1-3H3. The lowest BCUT2D eigenvalue weighted by Crippen LogP contribution is -1.88. The second-order valence-corrected chi connectivity index (χ2v) is 5.13. The molecule has 0 unspecified atom stereocenters. The van der Waals surface area contributed by atoms with Crippen LogP contribution in [-0.4, -0.2) is 14.2 Å². The van der Waals surface area contributed by atoms with Crippen LogP contribution in [0.3, 0.4) is 0 Å². The third-order valence-electron chi connectivity index (χ3n) is 3.44. The monoisotopic (exact) mass is 286 g/mol. The van der Waals surface area contributed by atoms with E-state index in [1.54, 1.807) is 14.2 Å². The van der Waals surface area contributed by atoms with Gasteiger partial charge in [-0.2, -0.15) is 0 Å². The van der Waals surface area contributed by atoms with Crippen LogP contribution in [0.4, 0.5) is 0 Å². The number of methoxy groups -OCH3 is 2. The number of rotatable bonds is 3. The zero-order valence-electron chi connectivity index (χ0n) is 14.0. The predicted molar refractivity (Wildman–Crippen MR) is 89.6 cm³/mol. The Bertz CT molecular complexity index is 574. The fraction of sp³-hybridized carbons (Fsp3) is 0.368. The van der Waals surface area contributed by atoms with Crippen LogP contribution in [0.2, 0.25) is 0 Å². The summed E-state index contributed by atoms with van der Waals surface area (Å²) in [6, 6.07) is 12.5. The van der Waals surface area contributed by atoms with Crippen LogP contribution in [0, 0.1) is 20.8 Å². The summed E-state index contributed by atoms with van der Waals surface area (Å²) in [5, 5.41) is 0. The Morgan fingerprint density at radius 3 is 1.76 bits per heavy atom. The quantitative estimate of drug-likeness (QED) is 0.800. The molecule has 0 radical (unpaired) electrons. The second kappa shape index (κ2) is 8.35. The lowest BCUT2D eigenvalue weighted by molar-refractivity contribution is 0.411. The van der Waals surface area contributed by atoms with Gasteiger partial charge in [-0.05, 0) is 61.6 Å². The van der Waals surface area contributed by atoms with Gasteiger partial charge in [-0.3, -0.25) is 0 Å². The summed E-state index contributed by atoms with van der Waals surface area (Å²) in [5.74, 6) is 1.96. The molecule has 0 atom stereocenters. The first-order valence-electron chi connectivity index (χ1n) is 7.26. The van der Waals surface area contributed by atoms with Crippen molar-refractivity contribution in [3.63, 3.8) is 0 Å². The van der Waals surface area contributed by atoms with Gasteiger partial charge < -0.3 is 9.47 Å². The molecule has 0 saturated carbocycles. The van der Waals surface area contributed by atoms with Crippen LogP contribution >= 0.6 is 0 Å². The minimum absolute atomic E-state index is 0.972. The third kappa shape index (κ3) is 5.14. The molecule has 2 aromatic rings. The molecule has 2 rings (SSSR count). The lowest BCUT2D eigenvalue weighted by Gasteiger charge is -2.05. The van der Waals surface area contributed by atoms with E-state index in [2.05, 4.69) is 51.1 Å². The van der Waals surface area contributed by atoms with E-state index in [1.165, 1.54) is 22.3 Å². The molecule has 0 aliphatic rings. The van der Waals surface area contributed by atoms with Gasteiger partial charge in [0.2, 0.25) is 0 Å². The van der Waals surface area contributed by atoms with Crippen molar-refractivity contribution in [3.05, 3.63) is 58.7 Å². The van der Waals surface area contributed by atoms with E-state index in [-0.39, 0.29) is 0 Å². The van der Waals surface area contributed by atoms with E-state index in [0.29, 0.717) is 0 Å². The maximum absolute atomic E-state index is 5.19. The summed E-state index contributed by atoms with van der Waals surface area (Å²) in [5.41, 5.74) is 4.95. The normalized spacial score (nSPS) is 9.62. The fourth-order valence-corrected chi connectivity index (χ4v) is 2.01. The molecule has 21 heavy (non-hydrogen) atoms. The molecular formula is C19H26O2. The number of benzene rings is 2. The highest BCUT2D eigenvalue weighted by atomic mass is 16.5. The van der Waals surface area contributed by atoms with Crippen LogP contribution in [0.5, 0.6) is 11.5 Å². The van der Waals surface area contributed by atoms with Crippen molar-refractivity contribution < 1.29 is 9.47 Å². The van der Waals surface area contributed by atoms with Gasteiger partial charge in [-0.1, -0.05) is 31.2 Å². The smallest absolute Gasteiger partial charge is 0.122 e. The zero-order valence-corrected chi connectivity index (χ0v) is 14.0. The minimum atomic E-state index is 0.972. The maximum atomic E-state index is 5.19. The molecule has 0 fully saturated rings. The summed E-state index contributed by atoms with van der Waals surface area (Å²) in [6.45, 7) is 8.29. The molecule has 0 heterocycles. The summed E-state index contributed by atoms with van der Waals surface area (Å²) >= 11 is 0. The molecule has 114 valence electrons. The molecule has 2 aromatic carbocycles. The molecule has 0 aliphatic heterocycles. The molecule has 0 aromatic heterocycles. The molecule has 2 nitrogen and oxygen atoms in total. The van der Waals surface area contributed by atoms with Gasteiger partial charge in [0.25, 0.3) is 0 Å². The van der Waals surface area contributed by atoms with Gasteiger partial charge in [-0.25, -0.2) is 0 Å². The molecule has 0 aliphatic carbocycles. The average Bonchev–Trinajstić information content (AvgIpc) is 2.51. The topological polar surface area (TPSA) is 18.5 Å². The van der Waals surface area contributed by atoms with Gasteiger partial charge in [-0.15, -0.1) is 0 Å². The number of hydrogen-bond acceptors (Lipinski definition) is 2. The highest BCUT2D eigenvalue weighted by Gasteiger charge is 1.97. The highest BCUT2D eigenvalue weighted by Crippen LogP contribution is 2.19. The predicted octanol–water partition coefficient (Wildman–Crippen LogP) is 4.88. The highest BCUT2D eigenvalue weighted by molar-refractivity contribution is 5.36. The van der Waals surface area contributed by atoms with Gasteiger partial charge in [0, 0.05) is 0 Å². The second-order valence-electron chi connectivity index (χ2n) is 5.13. The van der Waals surface area contributed by atoms with E-state index in [9.17, 15) is 0 Å². The lowest BCUT2D eigenvalue weighted by atomic mass is 10.1. The van der Waals surface area contributed by atoms with Gasteiger partial charge >= 0.3 is 0 Å². The molecule has 2 heteroatoms. The molecule has 0 saturated heterocycles. The van der Waals surface area contributed by atoms with Crippen LogP contribution in [0.1, 0.15) is 29.2 Å². The Balaban J connectivity index is 0.000000211. The van der Waals surface area contributed by atoms with E-state index < -0.39 is 0 Å². The summed E-state index contributed by atoms with van der Waals surface area (Å²) in [4.78, 5) is 0. The first-order valence-corrected chi connectivity index (χ1v) is 7.26. The Morgan fingerprint density at radius 2 is 1.29 bits per heavy atom. The largest absolute Gasteiger partial charge is 0.496 e. The molecule has 0 N–H and O–H groups in total. The third-order valence-corrected chi connectivity index (χ3v) is 3.44. The number of hydrogen-bond donors (Lipinski definition) is 0. The number of aryl methyl sites for hydroxylation is 4. The maximum Gasteiger partial charge on any atom is 0.122 e. The minimum Gasteiger partial charge on any atom is -0.496 e. The molecule has 0 amide bonds. The van der Waals surface area contributed by atoms with Crippen LogP contribution in [0.15, 0.2) is 36.4 Å². The van der Waals surface area contributed by atoms with Gasteiger partial charge in [0.15, 0.2) is 0 Å². The van der Waals surface area contributed by atoms with Crippen molar-refractivity contribution in [2.75, 3.05) is 14.2 Å². The summed E-state index contributed by atoms with van der Waals surface area (Å²) in [7, 11) is 3.41. The van der Waals surface area contributed by atoms with Gasteiger partial charge in [0.05, 0.1) is 14.2 Å². The van der Waals surface area contributed by atoms with Crippen molar-refractivity contribution in [2.45, 2.75) is 34.1 Å². The molecular weight excluding hydrogens is 260 g/mol. The summed E-state index contributed by atoms with van der Waals surface area (Å²) in [6.07, 6.45) is 1.07. The van der Waals surface area contributed by atoms with E-state index in [4.69, 9.17) is 9.47 Å². The van der Waals surface area contributed by atoms with Crippen LogP contribution < -0.4 is 9.47 Å². The Labute approximate surface area is 128 Å². The summed E-state index contributed by atoms with van der Waals surface area (Å²) < 4.78 is 10.3. The van der Waals surface area contributed by atoms with Crippen molar-refractivity contribution >= 4 is 0 Å². The van der Waals surface area contributed by atoms with E-state index in [1.807, 2.05) is 13.0 Å². The van der Waals surface area contributed by atoms with Crippen LogP contribution in [-0.2, 0) is 6.42 Å². The van der Waals surface area contributed by atoms with E-state index in [0.717, 1.165) is 17.9 Å². The number of ether oxygens (including phenoxy) is 2. The van der Waals surface area contributed by atoms with Crippen molar-refractivity contribution in [3.8, 4) is 11.5 Å². The Hall–Kier alpha value is -1.96. The van der Waals surface area contributed by atoms with Crippen molar-refractivity contribution in [2.24, 2.45) is 0 Å². The molecule has 0 spiro atoms. The first kappa shape index (κ1) is 17.1. The average molecular weight is 286 g/mol.